The van der Waals surface area contributed by atoms with Crippen molar-refractivity contribution in [3.63, 3.8) is 0 Å². The Balaban J connectivity index is 1.23. The van der Waals surface area contributed by atoms with Crippen LogP contribution in [0.3, 0.4) is 0 Å². The molecule has 0 spiro atoms. The van der Waals surface area contributed by atoms with E-state index in [2.05, 4.69) is 10.1 Å². The predicted octanol–water partition coefficient (Wildman–Crippen LogP) is 4.62. The van der Waals surface area contributed by atoms with Crippen molar-refractivity contribution in [3.8, 4) is 11.5 Å². The van der Waals surface area contributed by atoms with Crippen LogP contribution in [-0.2, 0) is 0 Å². The molecule has 3 aromatic rings. The van der Waals surface area contributed by atoms with E-state index in [1.807, 2.05) is 24.3 Å². The second kappa shape index (κ2) is 8.61. The zero-order valence-electron chi connectivity index (χ0n) is 16.1. The number of benzene rings is 2. The van der Waals surface area contributed by atoms with Crippen LogP contribution < -0.4 is 9.47 Å². The first-order chi connectivity index (χ1) is 13.7. The fourth-order valence-electron chi connectivity index (χ4n) is 3.82. The standard InChI is InChI=1S/C22H25FN2O3/c1-26-18-4-2-5-19(15-18)27-13-3-10-25-11-8-16(9-12-25)22-20-7-6-17(23)14-21(20)24-28-22/h2,4-7,14-16H,3,8-13H2,1H3. The van der Waals surface area contributed by atoms with Crippen LogP contribution in [0.25, 0.3) is 10.9 Å². The van der Waals surface area contributed by atoms with Gasteiger partial charge in [-0.15, -0.1) is 0 Å². The van der Waals surface area contributed by atoms with Gasteiger partial charge in [-0.05, 0) is 56.6 Å². The van der Waals surface area contributed by atoms with Gasteiger partial charge in [0.05, 0.1) is 13.7 Å². The van der Waals surface area contributed by atoms with E-state index in [0.717, 1.165) is 61.5 Å². The monoisotopic (exact) mass is 384 g/mol. The van der Waals surface area contributed by atoms with Crippen molar-refractivity contribution < 1.29 is 18.4 Å². The lowest BCUT2D eigenvalue weighted by molar-refractivity contribution is 0.182. The molecule has 0 amide bonds. The van der Waals surface area contributed by atoms with Gasteiger partial charge >= 0.3 is 0 Å². The Hall–Kier alpha value is -2.60. The third kappa shape index (κ3) is 4.28. The molecular formula is C22H25FN2O3. The summed E-state index contributed by atoms with van der Waals surface area (Å²) in [5.74, 6) is 2.61. The van der Waals surface area contributed by atoms with E-state index in [1.54, 1.807) is 13.2 Å². The number of nitrogens with zero attached hydrogens (tertiary/aromatic N) is 2. The first-order valence-electron chi connectivity index (χ1n) is 9.77. The number of hydrogen-bond donors (Lipinski definition) is 0. The Bertz CT molecular complexity index is 919. The smallest absolute Gasteiger partial charge is 0.147 e. The van der Waals surface area contributed by atoms with Crippen LogP contribution in [0.15, 0.2) is 47.0 Å². The summed E-state index contributed by atoms with van der Waals surface area (Å²) in [7, 11) is 1.66. The molecule has 1 saturated heterocycles. The Morgan fingerprint density at radius 1 is 1.14 bits per heavy atom. The molecule has 1 aromatic heterocycles. The highest BCUT2D eigenvalue weighted by atomic mass is 19.1. The van der Waals surface area contributed by atoms with Crippen LogP contribution in [0.5, 0.6) is 11.5 Å². The van der Waals surface area contributed by atoms with Gasteiger partial charge in [0.25, 0.3) is 0 Å². The van der Waals surface area contributed by atoms with Gasteiger partial charge in [-0.3, -0.25) is 0 Å². The highest BCUT2D eigenvalue weighted by Gasteiger charge is 2.25. The lowest BCUT2D eigenvalue weighted by atomic mass is 9.92. The average Bonchev–Trinajstić information content (AvgIpc) is 3.15. The van der Waals surface area contributed by atoms with Gasteiger partial charge in [-0.1, -0.05) is 11.2 Å². The molecule has 0 atom stereocenters. The molecular weight excluding hydrogens is 359 g/mol. The minimum absolute atomic E-state index is 0.279. The van der Waals surface area contributed by atoms with Crippen molar-refractivity contribution >= 4 is 10.9 Å². The molecule has 2 aromatic carbocycles. The molecule has 6 heteroatoms. The molecule has 148 valence electrons. The third-order valence-corrected chi connectivity index (χ3v) is 5.35. The zero-order valence-corrected chi connectivity index (χ0v) is 16.1. The number of aromatic nitrogens is 1. The third-order valence-electron chi connectivity index (χ3n) is 5.35. The highest BCUT2D eigenvalue weighted by Crippen LogP contribution is 2.33. The number of fused-ring (bicyclic) bond motifs is 1. The van der Waals surface area contributed by atoms with Crippen molar-refractivity contribution in [2.75, 3.05) is 33.4 Å². The summed E-state index contributed by atoms with van der Waals surface area (Å²) in [5.41, 5.74) is 0.604. The Kier molecular flexibility index (Phi) is 5.76. The molecule has 0 N–H and O–H groups in total. The molecule has 0 bridgehead atoms. The molecule has 1 fully saturated rings. The molecule has 4 rings (SSSR count). The van der Waals surface area contributed by atoms with E-state index in [9.17, 15) is 4.39 Å². The number of piperidine rings is 1. The maximum Gasteiger partial charge on any atom is 0.147 e. The average molecular weight is 384 g/mol. The molecule has 0 saturated carbocycles. The van der Waals surface area contributed by atoms with Gasteiger partial charge in [0, 0.05) is 30.0 Å². The first kappa shape index (κ1) is 18.7. The summed E-state index contributed by atoms with van der Waals surface area (Å²) in [6.45, 7) is 3.74. The molecule has 0 radical (unpaired) electrons. The summed E-state index contributed by atoms with van der Waals surface area (Å²) >= 11 is 0. The molecule has 28 heavy (non-hydrogen) atoms. The first-order valence-corrected chi connectivity index (χ1v) is 9.77. The van der Waals surface area contributed by atoms with E-state index in [0.29, 0.717) is 18.0 Å². The van der Waals surface area contributed by atoms with E-state index in [-0.39, 0.29) is 5.82 Å². The second-order valence-electron chi connectivity index (χ2n) is 7.21. The fraction of sp³-hybridized carbons (Fsp3) is 0.409. The Labute approximate surface area is 164 Å². The molecule has 2 heterocycles. The maximum absolute atomic E-state index is 13.3. The van der Waals surface area contributed by atoms with Gasteiger partial charge in [0.1, 0.15) is 28.6 Å². The SMILES string of the molecule is COc1cccc(OCCCN2CCC(c3onc4cc(F)ccc34)CC2)c1. The summed E-state index contributed by atoms with van der Waals surface area (Å²) in [6.07, 6.45) is 3.03. The van der Waals surface area contributed by atoms with Crippen LogP contribution in [0.4, 0.5) is 4.39 Å². The summed E-state index contributed by atoms with van der Waals surface area (Å²) < 4.78 is 29.9. The maximum atomic E-state index is 13.3. The number of likely N-dealkylation sites (tertiary alicyclic amines) is 1. The molecule has 1 aliphatic heterocycles. The van der Waals surface area contributed by atoms with Crippen LogP contribution >= 0.6 is 0 Å². The lowest BCUT2D eigenvalue weighted by Crippen LogP contribution is -2.34. The summed E-state index contributed by atoms with van der Waals surface area (Å²) in [4.78, 5) is 2.46. The van der Waals surface area contributed by atoms with Crippen LogP contribution in [-0.4, -0.2) is 43.4 Å². The predicted molar refractivity (Wildman–Crippen MR) is 105 cm³/mol. The van der Waals surface area contributed by atoms with Crippen molar-refractivity contribution in [1.29, 1.82) is 0 Å². The van der Waals surface area contributed by atoms with Crippen molar-refractivity contribution in [2.45, 2.75) is 25.2 Å². The van der Waals surface area contributed by atoms with Crippen molar-refractivity contribution in [2.24, 2.45) is 0 Å². The molecule has 5 nitrogen and oxygen atoms in total. The van der Waals surface area contributed by atoms with Gasteiger partial charge < -0.3 is 18.9 Å². The van der Waals surface area contributed by atoms with Crippen molar-refractivity contribution in [1.82, 2.24) is 10.1 Å². The molecule has 1 aliphatic rings. The van der Waals surface area contributed by atoms with Crippen LogP contribution in [0.2, 0.25) is 0 Å². The number of methoxy groups -OCH3 is 1. The number of hydrogen-bond acceptors (Lipinski definition) is 5. The van der Waals surface area contributed by atoms with E-state index >= 15 is 0 Å². The highest BCUT2D eigenvalue weighted by molar-refractivity contribution is 5.80. The van der Waals surface area contributed by atoms with E-state index in [4.69, 9.17) is 14.0 Å². The zero-order chi connectivity index (χ0) is 19.3. The normalized spacial score (nSPS) is 15.8. The van der Waals surface area contributed by atoms with Gasteiger partial charge in [-0.2, -0.15) is 0 Å². The minimum atomic E-state index is -0.279. The minimum Gasteiger partial charge on any atom is -0.497 e. The topological polar surface area (TPSA) is 47.7 Å². The lowest BCUT2D eigenvalue weighted by Gasteiger charge is -2.30. The molecule has 0 aliphatic carbocycles. The number of rotatable bonds is 7. The quantitative estimate of drug-likeness (QED) is 0.556. The summed E-state index contributed by atoms with van der Waals surface area (Å²) in [5, 5.41) is 4.96. The van der Waals surface area contributed by atoms with E-state index in [1.165, 1.54) is 12.1 Å². The number of ether oxygens (including phenoxy) is 2. The second-order valence-corrected chi connectivity index (χ2v) is 7.21. The molecule has 0 unspecified atom stereocenters. The van der Waals surface area contributed by atoms with Gasteiger partial charge in [0.15, 0.2) is 0 Å². The number of halogens is 1. The fourth-order valence-corrected chi connectivity index (χ4v) is 3.82. The Morgan fingerprint density at radius 3 is 2.79 bits per heavy atom. The van der Waals surface area contributed by atoms with Crippen LogP contribution in [0, 0.1) is 5.82 Å². The van der Waals surface area contributed by atoms with Crippen molar-refractivity contribution in [3.05, 3.63) is 54.0 Å². The van der Waals surface area contributed by atoms with E-state index < -0.39 is 0 Å². The van der Waals surface area contributed by atoms with Gasteiger partial charge in [-0.25, -0.2) is 4.39 Å². The summed E-state index contributed by atoms with van der Waals surface area (Å²) in [6, 6.07) is 12.4. The Morgan fingerprint density at radius 2 is 1.96 bits per heavy atom. The van der Waals surface area contributed by atoms with Gasteiger partial charge in [0.2, 0.25) is 0 Å². The largest absolute Gasteiger partial charge is 0.497 e. The van der Waals surface area contributed by atoms with Crippen LogP contribution in [0.1, 0.15) is 30.9 Å².